The molecule has 2 rings (SSSR count). The minimum absolute atomic E-state index is 0.453. The molecule has 0 aromatic heterocycles. The first kappa shape index (κ1) is 12.3. The van der Waals surface area contributed by atoms with Crippen molar-refractivity contribution in [2.75, 3.05) is 33.3 Å². The summed E-state index contributed by atoms with van der Waals surface area (Å²) in [5.41, 5.74) is 0. The maximum absolute atomic E-state index is 5.67. The molecule has 0 amide bonds. The second-order valence-electron chi connectivity index (χ2n) is 5.50. The van der Waals surface area contributed by atoms with Crippen LogP contribution in [0.2, 0.25) is 0 Å². The highest BCUT2D eigenvalue weighted by molar-refractivity contribution is 4.78. The van der Waals surface area contributed by atoms with Gasteiger partial charge in [-0.15, -0.1) is 0 Å². The van der Waals surface area contributed by atoms with Crippen molar-refractivity contribution in [2.45, 2.75) is 44.8 Å². The van der Waals surface area contributed by atoms with Gasteiger partial charge >= 0.3 is 0 Å². The first-order valence-electron chi connectivity index (χ1n) is 6.79. The lowest BCUT2D eigenvalue weighted by molar-refractivity contribution is 0.0829. The Morgan fingerprint density at radius 3 is 2.81 bits per heavy atom. The van der Waals surface area contributed by atoms with Crippen molar-refractivity contribution in [3.63, 3.8) is 0 Å². The molecule has 16 heavy (non-hydrogen) atoms. The third-order valence-electron chi connectivity index (χ3n) is 3.75. The molecule has 0 spiro atoms. The fraction of sp³-hybridized carbons (Fsp3) is 1.00. The smallest absolute Gasteiger partial charge is 0.0726 e. The summed E-state index contributed by atoms with van der Waals surface area (Å²) in [6.45, 7) is 6.74. The number of hydrogen-bond donors (Lipinski definition) is 1. The predicted octanol–water partition coefficient (Wildman–Crippen LogP) is 1.49. The van der Waals surface area contributed by atoms with Crippen LogP contribution < -0.4 is 5.32 Å². The van der Waals surface area contributed by atoms with Gasteiger partial charge in [0.2, 0.25) is 0 Å². The number of rotatable bonds is 7. The zero-order chi connectivity index (χ0) is 11.4. The zero-order valence-electron chi connectivity index (χ0n) is 10.7. The summed E-state index contributed by atoms with van der Waals surface area (Å²) in [5, 5.41) is 3.58. The zero-order valence-corrected chi connectivity index (χ0v) is 10.7. The summed E-state index contributed by atoms with van der Waals surface area (Å²) in [4.78, 5) is 2.45. The van der Waals surface area contributed by atoms with E-state index in [2.05, 4.69) is 24.2 Å². The lowest BCUT2D eigenvalue weighted by atomic mass is 10.1. The Morgan fingerprint density at radius 1 is 1.38 bits per heavy atom. The molecule has 1 aliphatic carbocycles. The third-order valence-corrected chi connectivity index (χ3v) is 3.75. The first-order chi connectivity index (χ1) is 7.75. The highest BCUT2D eigenvalue weighted by Crippen LogP contribution is 2.29. The number of hydrogen-bond acceptors (Lipinski definition) is 3. The minimum Gasteiger partial charge on any atom is -0.377 e. The molecule has 1 heterocycles. The van der Waals surface area contributed by atoms with Gasteiger partial charge < -0.3 is 15.0 Å². The lowest BCUT2D eigenvalue weighted by Crippen LogP contribution is -2.41. The average Bonchev–Trinajstić information content (AvgIpc) is 2.90. The molecule has 3 heteroatoms. The molecule has 2 unspecified atom stereocenters. The van der Waals surface area contributed by atoms with Crippen molar-refractivity contribution >= 4 is 0 Å². The van der Waals surface area contributed by atoms with E-state index in [0.29, 0.717) is 12.1 Å². The van der Waals surface area contributed by atoms with Gasteiger partial charge in [0, 0.05) is 32.3 Å². The van der Waals surface area contributed by atoms with Gasteiger partial charge in [-0.05, 0) is 45.6 Å². The van der Waals surface area contributed by atoms with Crippen molar-refractivity contribution in [3.8, 4) is 0 Å². The Labute approximate surface area is 99.5 Å². The van der Waals surface area contributed by atoms with Crippen molar-refractivity contribution in [3.05, 3.63) is 0 Å². The van der Waals surface area contributed by atoms with Crippen molar-refractivity contribution in [2.24, 2.45) is 5.92 Å². The molecule has 1 N–H and O–H groups in total. The Bertz CT molecular complexity index is 200. The summed E-state index contributed by atoms with van der Waals surface area (Å²) >= 11 is 0. The number of ether oxygens (including phenoxy) is 1. The fourth-order valence-corrected chi connectivity index (χ4v) is 2.44. The van der Waals surface area contributed by atoms with Crippen LogP contribution in [0.5, 0.6) is 0 Å². The van der Waals surface area contributed by atoms with Gasteiger partial charge in [0.1, 0.15) is 0 Å². The van der Waals surface area contributed by atoms with E-state index >= 15 is 0 Å². The molecule has 1 saturated heterocycles. The molecule has 3 nitrogen and oxygen atoms in total. The van der Waals surface area contributed by atoms with Gasteiger partial charge in [0.15, 0.2) is 0 Å². The molecule has 0 bridgehead atoms. The molecular weight excluding hydrogens is 200 g/mol. The first-order valence-corrected chi connectivity index (χ1v) is 6.79. The van der Waals surface area contributed by atoms with E-state index in [1.165, 1.54) is 32.2 Å². The van der Waals surface area contributed by atoms with E-state index in [0.717, 1.165) is 25.6 Å². The standard InChI is InChI=1S/C13H26N2O/c1-11(13-4-3-9-16-13)14-7-8-15(2)10-12-5-6-12/h11-14H,3-10H2,1-2H3. The van der Waals surface area contributed by atoms with Gasteiger partial charge in [-0.3, -0.25) is 0 Å². The fourth-order valence-electron chi connectivity index (χ4n) is 2.44. The van der Waals surface area contributed by atoms with Crippen LogP contribution in [0.25, 0.3) is 0 Å². The van der Waals surface area contributed by atoms with Gasteiger partial charge in [-0.25, -0.2) is 0 Å². The molecule has 94 valence electrons. The molecular formula is C13H26N2O. The Kier molecular flexibility index (Phi) is 4.62. The highest BCUT2D eigenvalue weighted by Gasteiger charge is 2.23. The molecule has 1 aliphatic heterocycles. The average molecular weight is 226 g/mol. The Balaban J connectivity index is 1.52. The van der Waals surface area contributed by atoms with Crippen molar-refractivity contribution < 1.29 is 4.74 Å². The largest absolute Gasteiger partial charge is 0.377 e. The summed E-state index contributed by atoms with van der Waals surface area (Å²) < 4.78 is 5.67. The van der Waals surface area contributed by atoms with Crippen LogP contribution in [0.3, 0.4) is 0 Å². The van der Waals surface area contributed by atoms with Crippen LogP contribution in [0.15, 0.2) is 0 Å². The van der Waals surface area contributed by atoms with E-state index in [1.807, 2.05) is 0 Å². The van der Waals surface area contributed by atoms with Crippen LogP contribution in [-0.2, 0) is 4.74 Å². The second-order valence-corrected chi connectivity index (χ2v) is 5.50. The van der Waals surface area contributed by atoms with E-state index < -0.39 is 0 Å². The number of nitrogens with zero attached hydrogens (tertiary/aromatic N) is 1. The van der Waals surface area contributed by atoms with Crippen LogP contribution >= 0.6 is 0 Å². The predicted molar refractivity (Wildman–Crippen MR) is 66.7 cm³/mol. The Hall–Kier alpha value is -0.120. The van der Waals surface area contributed by atoms with Crippen molar-refractivity contribution in [1.82, 2.24) is 10.2 Å². The quantitative estimate of drug-likeness (QED) is 0.712. The normalized spacial score (nSPS) is 27.6. The van der Waals surface area contributed by atoms with Crippen LogP contribution in [0.1, 0.15) is 32.6 Å². The summed E-state index contributed by atoms with van der Waals surface area (Å²) in [6.07, 6.45) is 5.81. The molecule has 2 fully saturated rings. The maximum atomic E-state index is 5.67. The van der Waals surface area contributed by atoms with Gasteiger partial charge in [-0.2, -0.15) is 0 Å². The second kappa shape index (κ2) is 5.99. The van der Waals surface area contributed by atoms with Crippen molar-refractivity contribution in [1.29, 1.82) is 0 Å². The highest BCUT2D eigenvalue weighted by atomic mass is 16.5. The molecule has 2 atom stereocenters. The monoisotopic (exact) mass is 226 g/mol. The van der Waals surface area contributed by atoms with Gasteiger partial charge in [0.25, 0.3) is 0 Å². The van der Waals surface area contributed by atoms with E-state index in [-0.39, 0.29) is 0 Å². The van der Waals surface area contributed by atoms with Crippen LogP contribution in [0, 0.1) is 5.92 Å². The minimum atomic E-state index is 0.453. The molecule has 1 saturated carbocycles. The molecule has 0 radical (unpaired) electrons. The number of likely N-dealkylation sites (N-methyl/N-ethyl adjacent to an activating group) is 1. The van der Waals surface area contributed by atoms with Crippen LogP contribution in [0.4, 0.5) is 0 Å². The van der Waals surface area contributed by atoms with Gasteiger partial charge in [0.05, 0.1) is 6.10 Å². The van der Waals surface area contributed by atoms with Crippen LogP contribution in [-0.4, -0.2) is 50.3 Å². The third kappa shape index (κ3) is 4.04. The summed E-state index contributed by atoms with van der Waals surface area (Å²) in [6, 6.07) is 0.511. The van der Waals surface area contributed by atoms with Gasteiger partial charge in [-0.1, -0.05) is 0 Å². The van der Waals surface area contributed by atoms with E-state index in [9.17, 15) is 0 Å². The molecule has 0 aromatic rings. The SMILES string of the molecule is CC(NCCN(C)CC1CC1)C1CCCO1. The Morgan fingerprint density at radius 2 is 2.19 bits per heavy atom. The van der Waals surface area contributed by atoms with E-state index in [4.69, 9.17) is 4.74 Å². The van der Waals surface area contributed by atoms with E-state index in [1.54, 1.807) is 0 Å². The summed E-state index contributed by atoms with van der Waals surface area (Å²) in [7, 11) is 2.23. The summed E-state index contributed by atoms with van der Waals surface area (Å²) in [5.74, 6) is 1.00. The topological polar surface area (TPSA) is 24.5 Å². The number of nitrogens with one attached hydrogen (secondary N) is 1. The molecule has 0 aromatic carbocycles. The molecule has 2 aliphatic rings. The maximum Gasteiger partial charge on any atom is 0.0726 e. The lowest BCUT2D eigenvalue weighted by Gasteiger charge is -2.22.